The molecule has 0 atom stereocenters. The molecular formula is C11H12ClNO3S. The number of aromatic carboxylic acids is 1. The van der Waals surface area contributed by atoms with Gasteiger partial charge in [0.05, 0.1) is 17.8 Å². The van der Waals surface area contributed by atoms with Crippen LogP contribution in [0.5, 0.6) is 5.75 Å². The van der Waals surface area contributed by atoms with E-state index in [1.54, 1.807) is 6.07 Å². The standard InChI is InChI=1S/C11H12ClNO3S/c1-13-3-4-17-10-7(13)5-6(12)9(16-2)8(10)11(14)15/h5H,3-4H2,1-2H3,(H,14,15). The summed E-state index contributed by atoms with van der Waals surface area (Å²) in [4.78, 5) is 14.1. The summed E-state index contributed by atoms with van der Waals surface area (Å²) in [7, 11) is 3.35. The third-order valence-corrected chi connectivity index (χ3v) is 4.04. The highest BCUT2D eigenvalue weighted by atomic mass is 35.5. The van der Waals surface area contributed by atoms with Crippen LogP contribution in [-0.4, -0.2) is 37.5 Å². The Balaban J connectivity index is 2.72. The fourth-order valence-electron chi connectivity index (χ4n) is 1.83. The minimum absolute atomic E-state index is 0.159. The van der Waals surface area contributed by atoms with Crippen LogP contribution < -0.4 is 9.64 Å². The van der Waals surface area contributed by atoms with Gasteiger partial charge >= 0.3 is 5.97 Å². The second-order valence-corrected chi connectivity index (χ2v) is 5.20. The highest BCUT2D eigenvalue weighted by Crippen LogP contribution is 2.44. The number of carboxylic acid groups (broad SMARTS) is 1. The number of anilines is 1. The molecule has 0 aliphatic carbocycles. The van der Waals surface area contributed by atoms with E-state index in [-0.39, 0.29) is 11.3 Å². The molecule has 1 aromatic rings. The number of halogens is 1. The lowest BCUT2D eigenvalue weighted by Gasteiger charge is -2.29. The van der Waals surface area contributed by atoms with Crippen LogP contribution in [0, 0.1) is 0 Å². The molecule has 6 heteroatoms. The van der Waals surface area contributed by atoms with Crippen LogP contribution in [0.4, 0.5) is 5.69 Å². The van der Waals surface area contributed by atoms with Gasteiger partial charge in [0, 0.05) is 24.2 Å². The van der Waals surface area contributed by atoms with Crippen LogP contribution in [0.3, 0.4) is 0 Å². The van der Waals surface area contributed by atoms with E-state index in [0.29, 0.717) is 5.02 Å². The molecule has 2 rings (SSSR count). The molecule has 1 aromatic carbocycles. The number of thioether (sulfide) groups is 1. The monoisotopic (exact) mass is 273 g/mol. The highest BCUT2D eigenvalue weighted by molar-refractivity contribution is 7.99. The molecule has 0 radical (unpaired) electrons. The molecular weight excluding hydrogens is 262 g/mol. The van der Waals surface area contributed by atoms with Crippen LogP contribution in [-0.2, 0) is 0 Å². The van der Waals surface area contributed by atoms with Gasteiger partial charge in [-0.25, -0.2) is 4.79 Å². The minimum Gasteiger partial charge on any atom is -0.494 e. The lowest BCUT2D eigenvalue weighted by molar-refractivity contribution is 0.0689. The van der Waals surface area contributed by atoms with Crippen molar-refractivity contribution in [3.63, 3.8) is 0 Å². The maximum Gasteiger partial charge on any atom is 0.340 e. The van der Waals surface area contributed by atoms with Gasteiger partial charge in [0.1, 0.15) is 5.56 Å². The van der Waals surface area contributed by atoms with E-state index in [4.69, 9.17) is 16.3 Å². The number of carboxylic acids is 1. The summed E-state index contributed by atoms with van der Waals surface area (Å²) < 4.78 is 5.09. The first-order valence-electron chi connectivity index (χ1n) is 5.04. The van der Waals surface area contributed by atoms with E-state index in [0.717, 1.165) is 22.9 Å². The summed E-state index contributed by atoms with van der Waals surface area (Å²) in [5.41, 5.74) is 1.01. The lowest BCUT2D eigenvalue weighted by Crippen LogP contribution is -2.25. The molecule has 0 saturated carbocycles. The number of methoxy groups -OCH3 is 1. The molecule has 0 saturated heterocycles. The van der Waals surface area contributed by atoms with Crippen molar-refractivity contribution in [2.45, 2.75) is 4.90 Å². The number of benzene rings is 1. The second-order valence-electron chi connectivity index (χ2n) is 3.69. The summed E-state index contributed by atoms with van der Waals surface area (Å²) in [6.07, 6.45) is 0. The lowest BCUT2D eigenvalue weighted by atomic mass is 10.1. The molecule has 1 N–H and O–H groups in total. The zero-order chi connectivity index (χ0) is 12.6. The zero-order valence-corrected chi connectivity index (χ0v) is 11.1. The van der Waals surface area contributed by atoms with E-state index >= 15 is 0 Å². The quantitative estimate of drug-likeness (QED) is 0.898. The molecule has 1 aliphatic rings. The van der Waals surface area contributed by atoms with Crippen molar-refractivity contribution in [3.05, 3.63) is 16.7 Å². The molecule has 0 amide bonds. The average molecular weight is 274 g/mol. The van der Waals surface area contributed by atoms with Gasteiger partial charge in [-0.15, -0.1) is 11.8 Å². The first-order chi connectivity index (χ1) is 8.06. The Kier molecular flexibility index (Phi) is 3.40. The predicted octanol–water partition coefficient (Wildman–Crippen LogP) is 2.59. The van der Waals surface area contributed by atoms with Crippen molar-refractivity contribution < 1.29 is 14.6 Å². The number of fused-ring (bicyclic) bond motifs is 1. The number of carbonyl (C=O) groups is 1. The maximum atomic E-state index is 11.3. The number of hydrogen-bond acceptors (Lipinski definition) is 4. The molecule has 4 nitrogen and oxygen atoms in total. The Morgan fingerprint density at radius 2 is 2.35 bits per heavy atom. The van der Waals surface area contributed by atoms with Crippen LogP contribution in [0.1, 0.15) is 10.4 Å². The zero-order valence-electron chi connectivity index (χ0n) is 9.49. The van der Waals surface area contributed by atoms with Crippen LogP contribution in [0.15, 0.2) is 11.0 Å². The highest BCUT2D eigenvalue weighted by Gasteiger charge is 2.27. The van der Waals surface area contributed by atoms with Crippen LogP contribution in [0.25, 0.3) is 0 Å². The third-order valence-electron chi connectivity index (χ3n) is 2.67. The van der Waals surface area contributed by atoms with E-state index in [2.05, 4.69) is 0 Å². The Morgan fingerprint density at radius 1 is 1.65 bits per heavy atom. The maximum absolute atomic E-state index is 11.3. The topological polar surface area (TPSA) is 49.8 Å². The van der Waals surface area contributed by atoms with Gasteiger partial charge in [0.15, 0.2) is 5.75 Å². The molecule has 0 unspecified atom stereocenters. The molecule has 0 aromatic heterocycles. The largest absolute Gasteiger partial charge is 0.494 e. The Hall–Kier alpha value is -1.07. The summed E-state index contributed by atoms with van der Waals surface area (Å²) >= 11 is 7.58. The van der Waals surface area contributed by atoms with Crippen molar-refractivity contribution in [1.29, 1.82) is 0 Å². The summed E-state index contributed by atoms with van der Waals surface area (Å²) in [6, 6.07) is 1.76. The Bertz CT molecular complexity index is 478. The fourth-order valence-corrected chi connectivity index (χ4v) is 3.36. The van der Waals surface area contributed by atoms with Crippen molar-refractivity contribution in [2.24, 2.45) is 0 Å². The number of rotatable bonds is 2. The van der Waals surface area contributed by atoms with Gasteiger partial charge in [0.25, 0.3) is 0 Å². The SMILES string of the molecule is COc1c(Cl)cc2c(c1C(=O)O)SCCN2C. The van der Waals surface area contributed by atoms with Crippen LogP contribution in [0.2, 0.25) is 5.02 Å². The molecule has 92 valence electrons. The summed E-state index contributed by atoms with van der Waals surface area (Å²) in [6.45, 7) is 0.874. The van der Waals surface area contributed by atoms with Gasteiger partial charge in [-0.3, -0.25) is 0 Å². The average Bonchev–Trinajstić information content (AvgIpc) is 2.28. The van der Waals surface area contributed by atoms with E-state index in [9.17, 15) is 9.90 Å². The predicted molar refractivity (Wildman–Crippen MR) is 69.0 cm³/mol. The van der Waals surface area contributed by atoms with Gasteiger partial charge in [-0.2, -0.15) is 0 Å². The number of ether oxygens (including phenoxy) is 1. The second kappa shape index (κ2) is 4.66. The van der Waals surface area contributed by atoms with E-state index in [1.807, 2.05) is 11.9 Å². The van der Waals surface area contributed by atoms with Gasteiger partial charge in [-0.1, -0.05) is 11.6 Å². The van der Waals surface area contributed by atoms with Crippen molar-refractivity contribution in [3.8, 4) is 5.75 Å². The molecule has 1 aliphatic heterocycles. The first-order valence-corrected chi connectivity index (χ1v) is 6.40. The van der Waals surface area contributed by atoms with Crippen LogP contribution >= 0.6 is 23.4 Å². The van der Waals surface area contributed by atoms with Crippen molar-refractivity contribution >= 4 is 35.0 Å². The van der Waals surface area contributed by atoms with Gasteiger partial charge < -0.3 is 14.7 Å². The summed E-state index contributed by atoms with van der Waals surface area (Å²) in [5, 5.41) is 9.62. The molecule has 1 heterocycles. The van der Waals surface area contributed by atoms with Gasteiger partial charge in [-0.05, 0) is 6.07 Å². The Morgan fingerprint density at radius 3 is 2.94 bits per heavy atom. The number of hydrogen-bond donors (Lipinski definition) is 1. The minimum atomic E-state index is -1.01. The molecule has 0 spiro atoms. The molecule has 0 bridgehead atoms. The summed E-state index contributed by atoms with van der Waals surface area (Å²) in [5.74, 6) is 0.0818. The van der Waals surface area contributed by atoms with E-state index in [1.165, 1.54) is 18.9 Å². The third kappa shape index (κ3) is 2.05. The normalized spacial score (nSPS) is 14.4. The Labute approximate surface area is 109 Å². The number of nitrogens with zero attached hydrogens (tertiary/aromatic N) is 1. The van der Waals surface area contributed by atoms with Gasteiger partial charge in [0.2, 0.25) is 0 Å². The van der Waals surface area contributed by atoms with E-state index < -0.39 is 5.97 Å². The van der Waals surface area contributed by atoms with Crippen molar-refractivity contribution in [2.75, 3.05) is 31.4 Å². The van der Waals surface area contributed by atoms with Crippen molar-refractivity contribution in [1.82, 2.24) is 0 Å². The fraction of sp³-hybridized carbons (Fsp3) is 0.364. The molecule has 0 fully saturated rings. The smallest absolute Gasteiger partial charge is 0.340 e. The molecule has 17 heavy (non-hydrogen) atoms. The first kappa shape index (κ1) is 12.4.